The molecular formula is C54H47N. The van der Waals surface area contributed by atoms with Crippen molar-refractivity contribution in [1.82, 2.24) is 0 Å². The fraction of sp³-hybridized carbons (Fsp3) is 0.148. The van der Waals surface area contributed by atoms with Gasteiger partial charge in [-0.1, -0.05) is 173 Å². The highest BCUT2D eigenvalue weighted by Crippen LogP contribution is 2.50. The fourth-order valence-corrected chi connectivity index (χ4v) is 8.43. The van der Waals surface area contributed by atoms with Crippen molar-refractivity contribution in [3.63, 3.8) is 0 Å². The zero-order valence-electron chi connectivity index (χ0n) is 32.5. The van der Waals surface area contributed by atoms with Crippen LogP contribution in [-0.4, -0.2) is 0 Å². The average Bonchev–Trinajstić information content (AvgIpc) is 3.22. The molecule has 0 N–H and O–H groups in total. The van der Waals surface area contributed by atoms with Crippen molar-refractivity contribution in [2.45, 2.75) is 46.5 Å². The van der Waals surface area contributed by atoms with Crippen LogP contribution in [0.1, 0.15) is 45.2 Å². The van der Waals surface area contributed by atoms with E-state index in [0.717, 1.165) is 17.8 Å². The molecule has 9 rings (SSSR count). The molecule has 268 valence electrons. The SMILES string of the molecule is Cc1ccc(N(C2=CCC(C)C=C2)c2ccc3c(c2)c2ccccc2c2c(-c4ccccc4)cc(-c4ccc(C(C)(C)C)cc4)c(-c4ccccc4)c32)cc1. The second-order valence-corrected chi connectivity index (χ2v) is 16.3. The van der Waals surface area contributed by atoms with Crippen LogP contribution in [0.3, 0.4) is 0 Å². The molecule has 1 aliphatic rings. The van der Waals surface area contributed by atoms with E-state index in [1.165, 1.54) is 82.5 Å². The fourth-order valence-electron chi connectivity index (χ4n) is 8.43. The lowest BCUT2D eigenvalue weighted by atomic mass is 9.80. The van der Waals surface area contributed by atoms with Gasteiger partial charge in [-0.15, -0.1) is 0 Å². The van der Waals surface area contributed by atoms with E-state index < -0.39 is 0 Å². The maximum absolute atomic E-state index is 2.46. The van der Waals surface area contributed by atoms with Crippen LogP contribution in [0.25, 0.3) is 65.7 Å². The molecule has 1 aliphatic carbocycles. The van der Waals surface area contributed by atoms with E-state index in [0.29, 0.717) is 5.92 Å². The maximum atomic E-state index is 2.46. The van der Waals surface area contributed by atoms with Gasteiger partial charge in [0.05, 0.1) is 0 Å². The van der Waals surface area contributed by atoms with E-state index in [-0.39, 0.29) is 5.41 Å². The van der Waals surface area contributed by atoms with Crippen LogP contribution in [0.5, 0.6) is 0 Å². The summed E-state index contributed by atoms with van der Waals surface area (Å²) < 4.78 is 0. The van der Waals surface area contributed by atoms with Gasteiger partial charge in [0.15, 0.2) is 0 Å². The molecule has 8 aromatic rings. The lowest BCUT2D eigenvalue weighted by molar-refractivity contribution is 0.590. The molecule has 0 aliphatic heterocycles. The highest BCUT2D eigenvalue weighted by Gasteiger charge is 2.24. The van der Waals surface area contributed by atoms with Crippen molar-refractivity contribution in [3.8, 4) is 33.4 Å². The number of anilines is 2. The van der Waals surface area contributed by atoms with Gasteiger partial charge in [0.25, 0.3) is 0 Å². The molecule has 0 fully saturated rings. The van der Waals surface area contributed by atoms with Gasteiger partial charge in [0.2, 0.25) is 0 Å². The van der Waals surface area contributed by atoms with Gasteiger partial charge < -0.3 is 4.90 Å². The van der Waals surface area contributed by atoms with Gasteiger partial charge >= 0.3 is 0 Å². The predicted molar refractivity (Wildman–Crippen MR) is 238 cm³/mol. The Hall–Kier alpha value is -6.18. The van der Waals surface area contributed by atoms with Gasteiger partial charge in [-0.05, 0) is 132 Å². The third-order valence-corrected chi connectivity index (χ3v) is 11.4. The van der Waals surface area contributed by atoms with E-state index in [4.69, 9.17) is 0 Å². The van der Waals surface area contributed by atoms with Gasteiger partial charge in [-0.25, -0.2) is 0 Å². The summed E-state index contributed by atoms with van der Waals surface area (Å²) in [6.07, 6.45) is 8.06. The number of nitrogens with zero attached hydrogens (tertiary/aromatic N) is 1. The Morgan fingerprint density at radius 2 is 1.13 bits per heavy atom. The quantitative estimate of drug-likeness (QED) is 0.155. The zero-order chi connectivity index (χ0) is 37.7. The minimum Gasteiger partial charge on any atom is -0.311 e. The zero-order valence-corrected chi connectivity index (χ0v) is 32.5. The van der Waals surface area contributed by atoms with Gasteiger partial charge in [0, 0.05) is 17.1 Å². The summed E-state index contributed by atoms with van der Waals surface area (Å²) >= 11 is 0. The van der Waals surface area contributed by atoms with Crippen molar-refractivity contribution in [1.29, 1.82) is 0 Å². The summed E-state index contributed by atoms with van der Waals surface area (Å²) in [6.45, 7) is 11.3. The first-order valence-electron chi connectivity index (χ1n) is 19.7. The second-order valence-electron chi connectivity index (χ2n) is 16.3. The lowest BCUT2D eigenvalue weighted by Crippen LogP contribution is -2.17. The average molecular weight is 710 g/mol. The first-order chi connectivity index (χ1) is 26.7. The summed E-state index contributed by atoms with van der Waals surface area (Å²) in [5.41, 5.74) is 13.6. The number of allylic oxidation sites excluding steroid dienone is 3. The van der Waals surface area contributed by atoms with E-state index in [2.05, 4.69) is 215 Å². The number of fused-ring (bicyclic) bond motifs is 6. The van der Waals surface area contributed by atoms with Crippen molar-refractivity contribution in [3.05, 3.63) is 193 Å². The minimum absolute atomic E-state index is 0.0698. The number of hydrogen-bond donors (Lipinski definition) is 0. The summed E-state index contributed by atoms with van der Waals surface area (Å²) in [5, 5.41) is 7.61. The molecule has 0 bridgehead atoms. The third-order valence-electron chi connectivity index (χ3n) is 11.4. The van der Waals surface area contributed by atoms with Crippen LogP contribution in [0, 0.1) is 12.8 Å². The predicted octanol–water partition coefficient (Wildman–Crippen LogP) is 15.4. The molecule has 0 radical (unpaired) electrons. The van der Waals surface area contributed by atoms with Crippen LogP contribution in [0.2, 0.25) is 0 Å². The van der Waals surface area contributed by atoms with Crippen LogP contribution < -0.4 is 4.90 Å². The minimum atomic E-state index is 0.0698. The van der Waals surface area contributed by atoms with Gasteiger partial charge in [-0.3, -0.25) is 0 Å². The molecule has 1 atom stereocenters. The molecule has 8 aromatic carbocycles. The second kappa shape index (κ2) is 13.9. The number of aryl methyl sites for hydroxylation is 1. The van der Waals surface area contributed by atoms with Crippen molar-refractivity contribution in [2.75, 3.05) is 4.90 Å². The monoisotopic (exact) mass is 709 g/mol. The molecule has 1 nitrogen and oxygen atoms in total. The van der Waals surface area contributed by atoms with E-state index in [1.807, 2.05) is 0 Å². The van der Waals surface area contributed by atoms with E-state index in [1.54, 1.807) is 0 Å². The van der Waals surface area contributed by atoms with Crippen molar-refractivity contribution in [2.24, 2.45) is 5.92 Å². The summed E-state index contributed by atoms with van der Waals surface area (Å²) in [5.74, 6) is 0.532. The number of benzene rings is 8. The van der Waals surface area contributed by atoms with E-state index >= 15 is 0 Å². The molecule has 0 spiro atoms. The molecule has 1 heteroatoms. The van der Waals surface area contributed by atoms with Crippen LogP contribution >= 0.6 is 0 Å². The highest BCUT2D eigenvalue weighted by molar-refractivity contribution is 6.33. The topological polar surface area (TPSA) is 3.24 Å². The molecule has 0 saturated carbocycles. The van der Waals surface area contributed by atoms with Crippen LogP contribution in [-0.2, 0) is 5.41 Å². The standard InChI is InChI=1S/C54H47N/c1-36-20-28-42(29-21-36)55(43-30-22-37(2)23-31-43)44-32-33-47-50(34-44)45-18-12-13-19-46(45)52-49(38-14-8-6-9-15-38)35-48(39-24-26-41(27-25-39)54(3,4)5)51(53(47)52)40-16-10-7-11-17-40/h6-22,24-35,37H,23H2,1-5H3. The Balaban J connectivity index is 1.42. The van der Waals surface area contributed by atoms with Crippen molar-refractivity contribution < 1.29 is 0 Å². The number of hydrogen-bond acceptors (Lipinski definition) is 1. The van der Waals surface area contributed by atoms with Gasteiger partial charge in [0.1, 0.15) is 0 Å². The van der Waals surface area contributed by atoms with Crippen LogP contribution in [0.15, 0.2) is 182 Å². The Bertz CT molecular complexity index is 2740. The third kappa shape index (κ3) is 6.34. The van der Waals surface area contributed by atoms with E-state index in [9.17, 15) is 0 Å². The normalized spacial score (nSPS) is 14.4. The van der Waals surface area contributed by atoms with Crippen LogP contribution in [0.4, 0.5) is 11.4 Å². The smallest absolute Gasteiger partial charge is 0.0468 e. The molecule has 55 heavy (non-hydrogen) atoms. The highest BCUT2D eigenvalue weighted by atomic mass is 15.1. The first-order valence-corrected chi connectivity index (χ1v) is 19.7. The molecule has 1 unspecified atom stereocenters. The largest absolute Gasteiger partial charge is 0.311 e. The summed E-state index contributed by atoms with van der Waals surface area (Å²) in [7, 11) is 0. The molecule has 0 amide bonds. The lowest BCUT2D eigenvalue weighted by Gasteiger charge is -2.29. The first kappa shape index (κ1) is 34.6. The molecule has 0 aromatic heterocycles. The molecular weight excluding hydrogens is 663 g/mol. The Kier molecular flexibility index (Phi) is 8.74. The molecule has 0 saturated heterocycles. The Labute approximate surface area is 325 Å². The number of rotatable bonds is 6. The summed E-state index contributed by atoms with van der Waals surface area (Å²) in [4.78, 5) is 2.43. The Morgan fingerprint density at radius 1 is 0.527 bits per heavy atom. The Morgan fingerprint density at radius 3 is 1.78 bits per heavy atom. The van der Waals surface area contributed by atoms with Gasteiger partial charge in [-0.2, -0.15) is 0 Å². The van der Waals surface area contributed by atoms with Crippen molar-refractivity contribution >= 4 is 43.7 Å². The molecule has 0 heterocycles. The summed E-state index contributed by atoms with van der Waals surface area (Å²) in [6, 6.07) is 58.9. The maximum Gasteiger partial charge on any atom is 0.0468 e.